The van der Waals surface area contributed by atoms with Crippen LogP contribution in [0.15, 0.2) is 21.5 Å². The molecular weight excluding hydrogens is 372 g/mol. The van der Waals surface area contributed by atoms with Gasteiger partial charge in [0.1, 0.15) is 0 Å². The molecule has 3 N–H and O–H groups in total. The molecular formula is C14H21BrN2O2S2. The number of nitrogens with one attached hydrogen (secondary N) is 1. The zero-order valence-corrected chi connectivity index (χ0v) is 15.4. The number of rotatable bonds is 4. The van der Waals surface area contributed by atoms with Crippen molar-refractivity contribution in [3.05, 3.63) is 22.2 Å². The minimum absolute atomic E-state index is 0.0259. The molecule has 1 aromatic carbocycles. The Morgan fingerprint density at radius 2 is 1.90 bits per heavy atom. The van der Waals surface area contributed by atoms with Crippen molar-refractivity contribution < 1.29 is 8.42 Å². The summed E-state index contributed by atoms with van der Waals surface area (Å²) in [4.78, 5) is 0.265. The fraction of sp³-hybridized carbons (Fsp3) is 0.571. The van der Waals surface area contributed by atoms with E-state index in [1.165, 1.54) is 0 Å². The van der Waals surface area contributed by atoms with Crippen LogP contribution in [-0.2, 0) is 10.0 Å². The minimum atomic E-state index is -3.53. The highest BCUT2D eigenvalue weighted by molar-refractivity contribution is 9.10. The average Bonchev–Trinajstić information content (AvgIpc) is 2.43. The number of nitrogen functional groups attached to an aromatic ring is 1. The van der Waals surface area contributed by atoms with Crippen molar-refractivity contribution >= 4 is 43.4 Å². The molecule has 0 bridgehead atoms. The van der Waals surface area contributed by atoms with Gasteiger partial charge in [-0.1, -0.05) is 15.9 Å². The maximum absolute atomic E-state index is 12.6. The van der Waals surface area contributed by atoms with Crippen molar-refractivity contribution in [3.63, 3.8) is 0 Å². The third-order valence-corrected chi connectivity index (χ3v) is 7.23. The summed E-state index contributed by atoms with van der Waals surface area (Å²) in [6.07, 6.45) is 6.03. The van der Waals surface area contributed by atoms with Crippen LogP contribution in [0, 0.1) is 6.92 Å². The number of hydrogen-bond donors (Lipinski definition) is 2. The molecule has 0 atom stereocenters. The third kappa shape index (κ3) is 4.15. The van der Waals surface area contributed by atoms with E-state index in [0.29, 0.717) is 21.0 Å². The van der Waals surface area contributed by atoms with Crippen LogP contribution in [0.2, 0.25) is 0 Å². The lowest BCUT2D eigenvalue weighted by Crippen LogP contribution is -2.38. The van der Waals surface area contributed by atoms with Crippen LogP contribution in [0.4, 0.5) is 5.69 Å². The normalized spacial score (nSPS) is 23.2. The summed E-state index contributed by atoms with van der Waals surface area (Å²) < 4.78 is 28.7. The fourth-order valence-corrected chi connectivity index (χ4v) is 5.63. The molecule has 1 aliphatic carbocycles. The van der Waals surface area contributed by atoms with E-state index in [-0.39, 0.29) is 10.9 Å². The first kappa shape index (κ1) is 17.1. The van der Waals surface area contributed by atoms with Gasteiger partial charge in [0.25, 0.3) is 0 Å². The van der Waals surface area contributed by atoms with Crippen molar-refractivity contribution in [2.75, 3.05) is 12.0 Å². The number of sulfonamides is 1. The van der Waals surface area contributed by atoms with Crippen molar-refractivity contribution in [2.24, 2.45) is 0 Å². The number of thioether (sulfide) groups is 1. The van der Waals surface area contributed by atoms with E-state index < -0.39 is 10.0 Å². The van der Waals surface area contributed by atoms with Crippen LogP contribution in [0.1, 0.15) is 31.2 Å². The zero-order valence-electron chi connectivity index (χ0n) is 12.2. The quantitative estimate of drug-likeness (QED) is 0.770. The molecule has 118 valence electrons. The van der Waals surface area contributed by atoms with Gasteiger partial charge in [-0.3, -0.25) is 0 Å². The molecule has 0 radical (unpaired) electrons. The lowest BCUT2D eigenvalue weighted by Gasteiger charge is -2.28. The minimum Gasteiger partial charge on any atom is -0.398 e. The Hall–Kier alpha value is -0.240. The monoisotopic (exact) mass is 392 g/mol. The summed E-state index contributed by atoms with van der Waals surface area (Å²) in [7, 11) is -3.53. The van der Waals surface area contributed by atoms with Crippen LogP contribution in [0.5, 0.6) is 0 Å². The molecule has 1 aromatic rings. The average molecular weight is 393 g/mol. The molecule has 1 fully saturated rings. The fourth-order valence-electron chi connectivity index (χ4n) is 2.65. The largest absolute Gasteiger partial charge is 0.398 e. The molecule has 1 aliphatic rings. The topological polar surface area (TPSA) is 72.2 Å². The van der Waals surface area contributed by atoms with Crippen molar-refractivity contribution in [3.8, 4) is 0 Å². The zero-order chi connectivity index (χ0) is 15.6. The first-order valence-corrected chi connectivity index (χ1v) is 10.5. The van der Waals surface area contributed by atoms with Crippen molar-refractivity contribution in [1.29, 1.82) is 0 Å². The molecule has 0 heterocycles. The van der Waals surface area contributed by atoms with Gasteiger partial charge < -0.3 is 5.73 Å². The molecule has 0 aliphatic heterocycles. The SMILES string of the molecule is CSC1CCC(NS(=O)(=O)c2cc(Br)cc(N)c2C)CC1. The van der Waals surface area contributed by atoms with E-state index in [2.05, 4.69) is 26.9 Å². The number of anilines is 1. The van der Waals surface area contributed by atoms with Gasteiger partial charge in [-0.2, -0.15) is 11.8 Å². The molecule has 0 spiro atoms. The molecule has 0 aromatic heterocycles. The van der Waals surface area contributed by atoms with E-state index >= 15 is 0 Å². The van der Waals surface area contributed by atoms with Crippen LogP contribution >= 0.6 is 27.7 Å². The molecule has 0 amide bonds. The van der Waals surface area contributed by atoms with Gasteiger partial charge in [0.15, 0.2) is 0 Å². The standard InChI is InChI=1S/C14H21BrN2O2S2/c1-9-13(16)7-10(15)8-14(9)21(18,19)17-11-3-5-12(20-2)6-4-11/h7-8,11-12,17H,3-6,16H2,1-2H3. The Bertz CT molecular complexity index is 612. The van der Waals surface area contributed by atoms with Crippen LogP contribution in [-0.4, -0.2) is 26.0 Å². The molecule has 1 saturated carbocycles. The van der Waals surface area contributed by atoms with E-state index in [9.17, 15) is 8.42 Å². The molecule has 0 saturated heterocycles. The van der Waals surface area contributed by atoms with Crippen molar-refractivity contribution in [2.45, 2.75) is 48.8 Å². The number of nitrogens with two attached hydrogens (primary N) is 1. The van der Waals surface area contributed by atoms with Crippen LogP contribution < -0.4 is 10.5 Å². The Labute approximate surface area is 139 Å². The lowest BCUT2D eigenvalue weighted by molar-refractivity contribution is 0.420. The Morgan fingerprint density at radius 1 is 1.29 bits per heavy atom. The highest BCUT2D eigenvalue weighted by Gasteiger charge is 2.26. The Kier molecular flexibility index (Phi) is 5.62. The van der Waals surface area contributed by atoms with Crippen LogP contribution in [0.3, 0.4) is 0 Å². The highest BCUT2D eigenvalue weighted by Crippen LogP contribution is 2.30. The van der Waals surface area contributed by atoms with Gasteiger partial charge >= 0.3 is 0 Å². The Balaban J connectivity index is 2.16. The molecule has 7 heteroatoms. The first-order chi connectivity index (χ1) is 9.83. The first-order valence-electron chi connectivity index (χ1n) is 6.94. The molecule has 2 rings (SSSR count). The van der Waals surface area contributed by atoms with Gasteiger partial charge in [-0.05, 0) is 56.6 Å². The lowest BCUT2D eigenvalue weighted by atomic mass is 9.96. The number of halogens is 1. The van der Waals surface area contributed by atoms with Crippen molar-refractivity contribution in [1.82, 2.24) is 4.72 Å². The summed E-state index contributed by atoms with van der Waals surface area (Å²) in [5.74, 6) is 0. The predicted molar refractivity (Wildman–Crippen MR) is 93.2 cm³/mol. The number of hydrogen-bond acceptors (Lipinski definition) is 4. The van der Waals surface area contributed by atoms with Gasteiger partial charge in [0.2, 0.25) is 10.0 Å². The van der Waals surface area contributed by atoms with Gasteiger partial charge in [0, 0.05) is 21.5 Å². The second-order valence-electron chi connectivity index (χ2n) is 5.45. The summed E-state index contributed by atoms with van der Waals surface area (Å²) in [6.45, 7) is 1.74. The summed E-state index contributed by atoms with van der Waals surface area (Å²) >= 11 is 5.18. The second kappa shape index (κ2) is 6.89. The highest BCUT2D eigenvalue weighted by atomic mass is 79.9. The Morgan fingerprint density at radius 3 is 2.48 bits per heavy atom. The van der Waals surface area contributed by atoms with Gasteiger partial charge in [-0.25, -0.2) is 13.1 Å². The van der Waals surface area contributed by atoms with E-state index in [1.54, 1.807) is 19.1 Å². The van der Waals surface area contributed by atoms with E-state index in [0.717, 1.165) is 25.7 Å². The molecule has 21 heavy (non-hydrogen) atoms. The maximum Gasteiger partial charge on any atom is 0.241 e. The number of benzene rings is 1. The third-order valence-electron chi connectivity index (χ3n) is 3.98. The smallest absolute Gasteiger partial charge is 0.241 e. The second-order valence-corrected chi connectivity index (χ2v) is 9.18. The summed E-state index contributed by atoms with van der Waals surface area (Å²) in [6, 6.07) is 3.36. The summed E-state index contributed by atoms with van der Waals surface area (Å²) in [5.41, 5.74) is 6.95. The van der Waals surface area contributed by atoms with E-state index in [4.69, 9.17) is 5.73 Å². The molecule has 0 unspecified atom stereocenters. The van der Waals surface area contributed by atoms with Crippen LogP contribution in [0.25, 0.3) is 0 Å². The maximum atomic E-state index is 12.6. The molecule has 4 nitrogen and oxygen atoms in total. The summed E-state index contributed by atoms with van der Waals surface area (Å²) in [5, 5.41) is 0.661. The van der Waals surface area contributed by atoms with Gasteiger partial charge in [0.05, 0.1) is 4.90 Å². The van der Waals surface area contributed by atoms with Gasteiger partial charge in [-0.15, -0.1) is 0 Å². The predicted octanol–water partition coefficient (Wildman–Crippen LogP) is 3.29. The van der Waals surface area contributed by atoms with E-state index in [1.807, 2.05) is 11.8 Å².